The molecule has 154 valence electrons. The van der Waals surface area contributed by atoms with E-state index in [4.69, 9.17) is 4.74 Å². The van der Waals surface area contributed by atoms with E-state index in [-0.39, 0.29) is 18.0 Å². The highest BCUT2D eigenvalue weighted by molar-refractivity contribution is 7.92. The van der Waals surface area contributed by atoms with Crippen molar-refractivity contribution in [1.82, 2.24) is 4.72 Å². The molecule has 0 radical (unpaired) electrons. The molecule has 1 aliphatic rings. The van der Waals surface area contributed by atoms with Crippen LogP contribution < -0.4 is 13.8 Å². The molecule has 0 spiro atoms. The van der Waals surface area contributed by atoms with Gasteiger partial charge in [-0.1, -0.05) is 36.4 Å². The molecule has 8 heteroatoms. The van der Waals surface area contributed by atoms with Gasteiger partial charge in [-0.25, -0.2) is 9.03 Å². The van der Waals surface area contributed by atoms with Crippen molar-refractivity contribution >= 4 is 21.8 Å². The normalized spacial score (nSPS) is 15.1. The first-order valence-corrected chi connectivity index (χ1v) is 10.8. The highest BCUT2D eigenvalue weighted by atomic mass is 32.2. The Bertz CT molecular complexity index is 1160. The lowest BCUT2D eigenvalue weighted by atomic mass is 10.0. The van der Waals surface area contributed by atoms with Crippen LogP contribution >= 0.6 is 0 Å². The van der Waals surface area contributed by atoms with Gasteiger partial charge in [0.1, 0.15) is 23.8 Å². The van der Waals surface area contributed by atoms with E-state index in [1.165, 1.54) is 12.1 Å². The van der Waals surface area contributed by atoms with Crippen LogP contribution in [-0.4, -0.2) is 26.0 Å². The Labute approximate surface area is 174 Å². The number of aryl methyl sites for hydroxylation is 2. The Hall–Kier alpha value is -3.52. The molecule has 0 bridgehead atoms. The molecule has 0 saturated carbocycles. The number of ether oxygens (including phenoxy) is 1. The molecule has 0 unspecified atom stereocenters. The van der Waals surface area contributed by atoms with Gasteiger partial charge >= 0.3 is 10.2 Å². The Kier molecular flexibility index (Phi) is 5.33. The smallest absolute Gasteiger partial charge is 0.326 e. The fourth-order valence-electron chi connectivity index (χ4n) is 3.23. The van der Waals surface area contributed by atoms with Gasteiger partial charge < -0.3 is 9.84 Å². The fraction of sp³-hybridized carbons (Fsp3) is 0.136. The average molecular weight is 424 g/mol. The van der Waals surface area contributed by atoms with Crippen LogP contribution in [0.1, 0.15) is 11.1 Å². The fourth-order valence-corrected chi connectivity index (χ4v) is 4.40. The number of phenolic OH excluding ortho intramolecular Hbond substituents is 1. The molecule has 7 nitrogen and oxygen atoms in total. The second-order valence-corrected chi connectivity index (χ2v) is 8.51. The van der Waals surface area contributed by atoms with E-state index in [0.29, 0.717) is 6.42 Å². The monoisotopic (exact) mass is 424 g/mol. The summed E-state index contributed by atoms with van der Waals surface area (Å²) in [5.41, 5.74) is 2.05. The Balaban J connectivity index is 1.39. The molecule has 30 heavy (non-hydrogen) atoms. The minimum atomic E-state index is -3.94. The van der Waals surface area contributed by atoms with Crippen LogP contribution in [0.3, 0.4) is 0 Å². The van der Waals surface area contributed by atoms with E-state index in [2.05, 4.69) is 0 Å². The Morgan fingerprint density at radius 3 is 2.17 bits per heavy atom. The second-order valence-electron chi connectivity index (χ2n) is 6.92. The van der Waals surface area contributed by atoms with Gasteiger partial charge in [0, 0.05) is 0 Å². The third kappa shape index (κ3) is 4.38. The predicted molar refractivity (Wildman–Crippen MR) is 113 cm³/mol. The molecule has 0 atom stereocenters. The molecule has 4 rings (SSSR count). The minimum Gasteiger partial charge on any atom is -0.506 e. The largest absolute Gasteiger partial charge is 0.506 e. The van der Waals surface area contributed by atoms with E-state index in [1.807, 2.05) is 59.3 Å². The lowest BCUT2D eigenvalue weighted by Crippen LogP contribution is -2.29. The number of benzene rings is 3. The zero-order valence-electron chi connectivity index (χ0n) is 16.0. The van der Waals surface area contributed by atoms with Crippen LogP contribution in [-0.2, 0) is 27.8 Å². The molecule has 1 amide bonds. The lowest BCUT2D eigenvalue weighted by molar-refractivity contribution is -0.117. The van der Waals surface area contributed by atoms with Gasteiger partial charge in [-0.3, -0.25) is 4.79 Å². The molecule has 3 aromatic carbocycles. The van der Waals surface area contributed by atoms with Gasteiger partial charge in [0.15, 0.2) is 0 Å². The summed E-state index contributed by atoms with van der Waals surface area (Å²) in [7, 11) is -3.94. The summed E-state index contributed by atoms with van der Waals surface area (Å²) in [6, 6.07) is 22.1. The minimum absolute atomic E-state index is 0.0829. The number of carbonyl (C=O) groups excluding carboxylic acids is 1. The number of nitrogens with one attached hydrogen (secondary N) is 1. The first kappa shape index (κ1) is 19.8. The van der Waals surface area contributed by atoms with E-state index in [1.54, 1.807) is 6.07 Å². The highest BCUT2D eigenvalue weighted by Gasteiger charge is 2.35. The van der Waals surface area contributed by atoms with Crippen molar-refractivity contribution < 1.29 is 23.1 Å². The van der Waals surface area contributed by atoms with Gasteiger partial charge in [-0.2, -0.15) is 8.42 Å². The zero-order chi connectivity index (χ0) is 21.1. The number of anilines is 1. The van der Waals surface area contributed by atoms with Crippen LogP contribution in [0.4, 0.5) is 5.69 Å². The van der Waals surface area contributed by atoms with Gasteiger partial charge in [0.25, 0.3) is 5.91 Å². The maximum atomic E-state index is 11.9. The number of aromatic hydroxyl groups is 1. The molecule has 1 saturated heterocycles. The maximum absolute atomic E-state index is 11.9. The Morgan fingerprint density at radius 1 is 0.900 bits per heavy atom. The number of hydrogen-bond acceptors (Lipinski definition) is 5. The van der Waals surface area contributed by atoms with Crippen LogP contribution in [0.5, 0.6) is 17.2 Å². The average Bonchev–Trinajstić information content (AvgIpc) is 3.00. The van der Waals surface area contributed by atoms with Crippen LogP contribution in [0.15, 0.2) is 72.8 Å². The second kappa shape index (κ2) is 8.08. The van der Waals surface area contributed by atoms with Crippen molar-refractivity contribution in [3.8, 4) is 17.2 Å². The standard InChI is InChI=1S/C22H20N2O5S/c25-21-14-17(10-13-20(21)24-15-22(26)23-30(24,27)28)7-6-16-8-11-19(12-9-16)29-18-4-2-1-3-5-18/h1-5,8-14,25H,6-7,15H2,(H,23,26). The summed E-state index contributed by atoms with van der Waals surface area (Å²) in [5, 5.41) is 10.3. The molecule has 1 fully saturated rings. The molecule has 1 aliphatic heterocycles. The van der Waals surface area contributed by atoms with Crippen molar-refractivity contribution in [3.63, 3.8) is 0 Å². The number of rotatable bonds is 6. The molecule has 0 aromatic heterocycles. The number of para-hydroxylation sites is 1. The van der Waals surface area contributed by atoms with Crippen molar-refractivity contribution in [2.75, 3.05) is 10.8 Å². The molecule has 2 N–H and O–H groups in total. The summed E-state index contributed by atoms with van der Waals surface area (Å²) in [4.78, 5) is 11.4. The quantitative estimate of drug-likeness (QED) is 0.634. The zero-order valence-corrected chi connectivity index (χ0v) is 16.8. The molecular weight excluding hydrogens is 404 g/mol. The molecular formula is C22H20N2O5S. The number of carbonyl (C=O) groups is 1. The van der Waals surface area contributed by atoms with E-state index >= 15 is 0 Å². The predicted octanol–water partition coefficient (Wildman–Crippen LogP) is 3.15. The first-order chi connectivity index (χ1) is 14.4. The topological polar surface area (TPSA) is 95.9 Å². The first-order valence-electron chi connectivity index (χ1n) is 9.38. The molecule has 3 aromatic rings. The van der Waals surface area contributed by atoms with Crippen LogP contribution in [0.2, 0.25) is 0 Å². The third-order valence-corrected chi connectivity index (χ3v) is 6.12. The number of nitrogens with zero attached hydrogens (tertiary/aromatic N) is 1. The van der Waals surface area contributed by atoms with E-state index < -0.39 is 16.1 Å². The van der Waals surface area contributed by atoms with Gasteiger partial charge in [0.05, 0.1) is 5.69 Å². The highest BCUT2D eigenvalue weighted by Crippen LogP contribution is 2.31. The summed E-state index contributed by atoms with van der Waals surface area (Å²) in [6.07, 6.45) is 1.41. The van der Waals surface area contributed by atoms with Crippen molar-refractivity contribution in [3.05, 3.63) is 83.9 Å². The summed E-state index contributed by atoms with van der Waals surface area (Å²) >= 11 is 0. The van der Waals surface area contributed by atoms with Gasteiger partial charge in [0.2, 0.25) is 0 Å². The molecule has 1 heterocycles. The summed E-state index contributed by atoms with van der Waals surface area (Å²) < 4.78 is 32.4. The lowest BCUT2D eigenvalue weighted by Gasteiger charge is -2.16. The van der Waals surface area contributed by atoms with Crippen LogP contribution in [0.25, 0.3) is 0 Å². The number of phenols is 1. The SMILES string of the molecule is O=C1CN(c2ccc(CCc3ccc(Oc4ccccc4)cc3)cc2O)S(=O)(=O)N1. The van der Waals surface area contributed by atoms with Gasteiger partial charge in [-0.05, 0) is 60.4 Å². The number of hydrogen-bond donors (Lipinski definition) is 2. The Morgan fingerprint density at radius 2 is 1.53 bits per heavy atom. The maximum Gasteiger partial charge on any atom is 0.326 e. The van der Waals surface area contributed by atoms with E-state index in [9.17, 15) is 18.3 Å². The molecule has 0 aliphatic carbocycles. The van der Waals surface area contributed by atoms with Crippen molar-refractivity contribution in [1.29, 1.82) is 0 Å². The van der Waals surface area contributed by atoms with E-state index in [0.717, 1.165) is 33.4 Å². The summed E-state index contributed by atoms with van der Waals surface area (Å²) in [6.45, 7) is -0.341. The number of amides is 1. The van der Waals surface area contributed by atoms with Crippen molar-refractivity contribution in [2.24, 2.45) is 0 Å². The summed E-state index contributed by atoms with van der Waals surface area (Å²) in [5.74, 6) is 0.719. The van der Waals surface area contributed by atoms with Crippen LogP contribution in [0, 0.1) is 0 Å². The third-order valence-electron chi connectivity index (χ3n) is 4.73. The van der Waals surface area contributed by atoms with Crippen molar-refractivity contribution in [2.45, 2.75) is 12.8 Å². The van der Waals surface area contributed by atoms with Gasteiger partial charge in [-0.15, -0.1) is 0 Å².